The number of pyridine rings is 1. The van der Waals surface area contributed by atoms with Crippen LogP contribution in [0, 0.1) is 0 Å². The van der Waals surface area contributed by atoms with Crippen LogP contribution in [0.3, 0.4) is 0 Å². The van der Waals surface area contributed by atoms with E-state index in [0.717, 1.165) is 10.0 Å². The summed E-state index contributed by atoms with van der Waals surface area (Å²) >= 11 is 3.25. The molecule has 0 aliphatic carbocycles. The van der Waals surface area contributed by atoms with Crippen LogP contribution in [0.25, 0.3) is 0 Å². The van der Waals surface area contributed by atoms with Gasteiger partial charge in [-0.3, -0.25) is 14.3 Å². The molecule has 2 N–H and O–H groups in total. The lowest BCUT2D eigenvalue weighted by atomic mass is 10.3. The summed E-state index contributed by atoms with van der Waals surface area (Å²) in [7, 11) is -2.33. The maximum Gasteiger partial charge on any atom is 0.0410 e. The lowest BCUT2D eigenvalue weighted by Crippen LogP contribution is -2.12. The van der Waals surface area contributed by atoms with E-state index in [-0.39, 0.29) is 0 Å². The van der Waals surface area contributed by atoms with Gasteiger partial charge in [0.2, 0.25) is 0 Å². The Kier molecular flexibility index (Phi) is 2.87. The molecule has 0 aliphatic heterocycles. The van der Waals surface area contributed by atoms with Crippen molar-refractivity contribution in [3.63, 3.8) is 0 Å². The van der Waals surface area contributed by atoms with Crippen LogP contribution in [-0.4, -0.2) is 20.8 Å². The molecule has 1 atom stereocenters. The van der Waals surface area contributed by atoms with Crippen LogP contribution in [0.5, 0.6) is 0 Å². The normalized spacial score (nSPS) is 15.2. The summed E-state index contributed by atoms with van der Waals surface area (Å²) in [4.78, 5) is 3.91. The van der Waals surface area contributed by atoms with Gasteiger partial charge in [0.05, 0.1) is 0 Å². The van der Waals surface area contributed by atoms with Crippen molar-refractivity contribution in [1.29, 1.82) is 0 Å². The average molecular weight is 249 g/mol. The third-order valence-electron chi connectivity index (χ3n) is 1.10. The van der Waals surface area contributed by atoms with Crippen LogP contribution in [-0.2, 0) is 9.71 Å². The highest BCUT2D eigenvalue weighted by atomic mass is 79.9. The Morgan fingerprint density at radius 1 is 1.67 bits per heavy atom. The Balaban J connectivity index is 3.15. The number of halogens is 1. The number of nitrogens with zero attached hydrogens (tertiary/aromatic N) is 1. The first-order valence-corrected chi connectivity index (χ1v) is 6.08. The van der Waals surface area contributed by atoms with Crippen LogP contribution in [0.2, 0.25) is 0 Å². The predicted molar refractivity (Wildman–Crippen MR) is 55.4 cm³/mol. The molecule has 0 aromatic carbocycles. The van der Waals surface area contributed by atoms with Crippen LogP contribution in [0.4, 0.5) is 0 Å². The molecule has 66 valence electrons. The number of hydrogen-bond acceptors (Lipinski definition) is 2. The molecule has 0 bridgehead atoms. The molecule has 0 spiro atoms. The quantitative estimate of drug-likeness (QED) is 0.748. The summed E-state index contributed by atoms with van der Waals surface area (Å²) in [5.41, 5.74) is 0.763. The fourth-order valence-electron chi connectivity index (χ4n) is 0.763. The van der Waals surface area contributed by atoms with Gasteiger partial charge in [-0.05, 0) is 22.0 Å². The first kappa shape index (κ1) is 9.70. The van der Waals surface area contributed by atoms with Gasteiger partial charge < -0.3 is 0 Å². The van der Waals surface area contributed by atoms with Gasteiger partial charge in [0.15, 0.2) is 0 Å². The van der Waals surface area contributed by atoms with Crippen molar-refractivity contribution in [2.45, 2.75) is 0 Å². The summed E-state index contributed by atoms with van der Waals surface area (Å²) in [5, 5.41) is 6.85. The highest BCUT2D eigenvalue weighted by molar-refractivity contribution is 9.10. The van der Waals surface area contributed by atoms with Gasteiger partial charge in [0.1, 0.15) is 0 Å². The van der Waals surface area contributed by atoms with Crippen LogP contribution in [0.1, 0.15) is 5.56 Å². The molecular weight excluding hydrogens is 240 g/mol. The monoisotopic (exact) mass is 248 g/mol. The van der Waals surface area contributed by atoms with Crippen molar-refractivity contribution in [3.05, 3.63) is 28.5 Å². The molecule has 12 heavy (non-hydrogen) atoms. The molecule has 0 saturated heterocycles. The minimum atomic E-state index is -2.33. The van der Waals surface area contributed by atoms with Crippen molar-refractivity contribution >= 4 is 31.0 Å². The minimum absolute atomic E-state index is 0.763. The molecule has 1 heterocycles. The molecule has 0 fully saturated rings. The number of nitrogens with two attached hydrogens (primary N) is 1. The molecule has 3 nitrogen and oxygen atoms in total. The highest BCUT2D eigenvalue weighted by Gasteiger charge is 1.93. The third kappa shape index (κ3) is 3.34. The number of aromatic nitrogens is 1. The van der Waals surface area contributed by atoms with E-state index < -0.39 is 9.71 Å². The lowest BCUT2D eigenvalue weighted by Gasteiger charge is -1.96. The molecule has 0 amide bonds. The van der Waals surface area contributed by atoms with E-state index >= 15 is 0 Å². The van der Waals surface area contributed by atoms with E-state index in [0.29, 0.717) is 0 Å². The first-order chi connectivity index (χ1) is 5.47. The van der Waals surface area contributed by atoms with E-state index in [1.165, 1.54) is 11.6 Å². The van der Waals surface area contributed by atoms with Crippen molar-refractivity contribution in [3.8, 4) is 0 Å². The standard InChI is InChI=1S/C7H9BrN2OS/c1-12(9,11)5-6-2-7(8)4-10-3-6/h2-5H,1H3,(H2,9,11). The van der Waals surface area contributed by atoms with Gasteiger partial charge in [-0.25, -0.2) is 0 Å². The van der Waals surface area contributed by atoms with Crippen LogP contribution in [0.15, 0.2) is 22.9 Å². The summed E-state index contributed by atoms with van der Waals surface area (Å²) < 4.78 is 12.0. The van der Waals surface area contributed by atoms with Gasteiger partial charge in [-0.1, -0.05) is 0 Å². The molecule has 1 rings (SSSR count). The van der Waals surface area contributed by atoms with Crippen molar-refractivity contribution < 1.29 is 4.21 Å². The SMILES string of the molecule is CS(N)(=O)=Cc1cncc(Br)c1. The minimum Gasteiger partial charge on any atom is -0.263 e. The fraction of sp³-hybridized carbons (Fsp3) is 0.143. The summed E-state index contributed by atoms with van der Waals surface area (Å²) in [6.07, 6.45) is 4.75. The van der Waals surface area contributed by atoms with Gasteiger partial charge in [0, 0.05) is 43.8 Å². The van der Waals surface area contributed by atoms with Crippen molar-refractivity contribution in [2.75, 3.05) is 6.26 Å². The van der Waals surface area contributed by atoms with E-state index in [9.17, 15) is 4.21 Å². The number of hydrogen-bond donors (Lipinski definition) is 1. The fourth-order valence-corrected chi connectivity index (χ4v) is 1.81. The second-order valence-corrected chi connectivity index (χ2v) is 5.61. The molecule has 0 aliphatic rings. The Labute approximate surface area is 80.3 Å². The molecule has 1 unspecified atom stereocenters. The molecule has 5 heteroatoms. The van der Waals surface area contributed by atoms with E-state index in [1.807, 2.05) is 6.07 Å². The lowest BCUT2D eigenvalue weighted by molar-refractivity contribution is 0.686. The highest BCUT2D eigenvalue weighted by Crippen LogP contribution is 2.07. The maximum atomic E-state index is 11.1. The van der Waals surface area contributed by atoms with E-state index in [4.69, 9.17) is 5.14 Å². The Bertz CT molecular complexity index is 388. The maximum absolute atomic E-state index is 11.1. The second-order valence-electron chi connectivity index (χ2n) is 2.52. The summed E-state index contributed by atoms with van der Waals surface area (Å²) in [5.74, 6) is 0. The molecule has 0 radical (unpaired) electrons. The predicted octanol–water partition coefficient (Wildman–Crippen LogP) is 0.782. The Morgan fingerprint density at radius 2 is 2.33 bits per heavy atom. The van der Waals surface area contributed by atoms with Gasteiger partial charge >= 0.3 is 0 Å². The van der Waals surface area contributed by atoms with Gasteiger partial charge in [-0.2, -0.15) is 0 Å². The smallest absolute Gasteiger partial charge is 0.0410 e. The van der Waals surface area contributed by atoms with Gasteiger partial charge in [-0.15, -0.1) is 0 Å². The van der Waals surface area contributed by atoms with Gasteiger partial charge in [0.25, 0.3) is 0 Å². The molecule has 1 aromatic heterocycles. The summed E-state index contributed by atoms with van der Waals surface area (Å²) in [6, 6.07) is 1.81. The zero-order valence-electron chi connectivity index (χ0n) is 6.53. The van der Waals surface area contributed by atoms with Crippen molar-refractivity contribution in [2.24, 2.45) is 5.14 Å². The largest absolute Gasteiger partial charge is 0.263 e. The molecule has 0 saturated carbocycles. The summed E-state index contributed by atoms with van der Waals surface area (Å²) in [6.45, 7) is 0. The molecular formula is C7H9BrN2OS. The van der Waals surface area contributed by atoms with Crippen LogP contribution >= 0.6 is 15.9 Å². The van der Waals surface area contributed by atoms with Crippen molar-refractivity contribution in [1.82, 2.24) is 4.98 Å². The third-order valence-corrected chi connectivity index (χ3v) is 2.27. The Hall–Kier alpha value is -0.390. The molecule has 1 aromatic rings. The van der Waals surface area contributed by atoms with E-state index in [1.54, 1.807) is 12.4 Å². The zero-order chi connectivity index (χ0) is 9.19. The van der Waals surface area contributed by atoms with E-state index in [2.05, 4.69) is 20.9 Å². The second kappa shape index (κ2) is 3.55. The number of rotatable bonds is 1. The first-order valence-electron chi connectivity index (χ1n) is 3.20. The van der Waals surface area contributed by atoms with Crippen LogP contribution < -0.4 is 5.14 Å². The topological polar surface area (TPSA) is 56.0 Å². The zero-order valence-corrected chi connectivity index (χ0v) is 8.93. The average Bonchev–Trinajstić information content (AvgIpc) is 1.82. The Morgan fingerprint density at radius 3 is 2.83 bits per heavy atom.